The fourth-order valence-corrected chi connectivity index (χ4v) is 2.48. The fraction of sp³-hybridized carbons (Fsp3) is 0.571. The highest BCUT2D eigenvalue weighted by Crippen LogP contribution is 2.30. The summed E-state index contributed by atoms with van der Waals surface area (Å²) < 4.78 is 0. The molecule has 0 aliphatic carbocycles. The van der Waals surface area contributed by atoms with Crippen molar-refractivity contribution >= 4 is 34.6 Å². The van der Waals surface area contributed by atoms with E-state index in [0.29, 0.717) is 27.8 Å². The van der Waals surface area contributed by atoms with E-state index < -0.39 is 0 Å². The first-order chi connectivity index (χ1) is 8.82. The molecule has 108 valence electrons. The zero-order valence-corrected chi connectivity index (χ0v) is 13.5. The van der Waals surface area contributed by atoms with E-state index in [1.807, 2.05) is 0 Å². The smallest absolute Gasteiger partial charge is 0.0614 e. The van der Waals surface area contributed by atoms with Gasteiger partial charge in [-0.1, -0.05) is 23.2 Å². The van der Waals surface area contributed by atoms with Crippen molar-refractivity contribution in [3.8, 4) is 0 Å². The summed E-state index contributed by atoms with van der Waals surface area (Å²) in [5, 5.41) is 4.31. The molecule has 0 unspecified atom stereocenters. The van der Waals surface area contributed by atoms with Crippen LogP contribution >= 0.6 is 23.2 Å². The molecule has 1 rings (SSSR count). The molecule has 0 heterocycles. The third-order valence-electron chi connectivity index (χ3n) is 3.10. The molecule has 0 spiro atoms. The lowest BCUT2D eigenvalue weighted by Crippen LogP contribution is -2.40. The molecule has 1 aromatic rings. The van der Waals surface area contributed by atoms with Gasteiger partial charge < -0.3 is 11.1 Å². The van der Waals surface area contributed by atoms with E-state index >= 15 is 0 Å². The van der Waals surface area contributed by atoms with Gasteiger partial charge in [0, 0.05) is 25.2 Å². The normalized spacial score (nSPS) is 11.6. The van der Waals surface area contributed by atoms with Crippen LogP contribution in [0.4, 0.5) is 11.4 Å². The lowest BCUT2D eigenvalue weighted by Gasteiger charge is -2.30. The summed E-state index contributed by atoms with van der Waals surface area (Å²) in [6.07, 6.45) is 0. The Balaban J connectivity index is 2.60. The van der Waals surface area contributed by atoms with Gasteiger partial charge in [-0.15, -0.1) is 0 Å². The van der Waals surface area contributed by atoms with Crippen LogP contribution in [-0.2, 0) is 0 Å². The molecule has 0 bridgehead atoms. The van der Waals surface area contributed by atoms with E-state index in [1.54, 1.807) is 12.1 Å². The molecule has 3 N–H and O–H groups in total. The monoisotopic (exact) mass is 303 g/mol. The predicted molar refractivity (Wildman–Crippen MR) is 86.3 cm³/mol. The number of nitrogens with zero attached hydrogens (tertiary/aromatic N) is 1. The fourth-order valence-electron chi connectivity index (χ4n) is 2.15. The minimum atomic E-state index is 0.482. The summed E-state index contributed by atoms with van der Waals surface area (Å²) in [6.45, 7) is 10.6. The standard InChI is InChI=1S/C14H23Cl2N3/c1-9(2)19(10(3)4)6-5-18-14-8-12(16)11(15)7-13(14)17/h7-10,18H,5-6,17H2,1-4H3. The number of nitrogens with two attached hydrogens (primary N) is 1. The van der Waals surface area contributed by atoms with E-state index in [2.05, 4.69) is 37.9 Å². The second kappa shape index (κ2) is 7.22. The first-order valence-electron chi connectivity index (χ1n) is 6.57. The van der Waals surface area contributed by atoms with Crippen LogP contribution in [0.2, 0.25) is 10.0 Å². The average molecular weight is 304 g/mol. The molecule has 0 aromatic heterocycles. The Hall–Kier alpha value is -0.640. The average Bonchev–Trinajstić information content (AvgIpc) is 2.29. The lowest BCUT2D eigenvalue weighted by molar-refractivity contribution is 0.182. The summed E-state index contributed by atoms with van der Waals surface area (Å²) in [4.78, 5) is 2.42. The van der Waals surface area contributed by atoms with Gasteiger partial charge in [-0.05, 0) is 39.8 Å². The van der Waals surface area contributed by atoms with Gasteiger partial charge in [-0.2, -0.15) is 0 Å². The number of rotatable bonds is 6. The Morgan fingerprint density at radius 1 is 1.11 bits per heavy atom. The van der Waals surface area contributed by atoms with Crippen molar-refractivity contribution in [2.45, 2.75) is 39.8 Å². The van der Waals surface area contributed by atoms with Gasteiger partial charge in [0.1, 0.15) is 0 Å². The molecule has 0 saturated heterocycles. The molecule has 0 saturated carbocycles. The Morgan fingerprint density at radius 3 is 2.16 bits per heavy atom. The van der Waals surface area contributed by atoms with Gasteiger partial charge in [0.2, 0.25) is 0 Å². The molecule has 0 aliphatic heterocycles. The van der Waals surface area contributed by atoms with Crippen molar-refractivity contribution in [3.63, 3.8) is 0 Å². The summed E-state index contributed by atoms with van der Waals surface area (Å²) in [5.41, 5.74) is 7.36. The molecule has 0 radical (unpaired) electrons. The highest BCUT2D eigenvalue weighted by molar-refractivity contribution is 6.42. The summed E-state index contributed by atoms with van der Waals surface area (Å²) >= 11 is 11.9. The maximum Gasteiger partial charge on any atom is 0.0614 e. The first kappa shape index (κ1) is 16.4. The topological polar surface area (TPSA) is 41.3 Å². The van der Waals surface area contributed by atoms with E-state index in [-0.39, 0.29) is 0 Å². The lowest BCUT2D eigenvalue weighted by atomic mass is 10.2. The summed E-state index contributed by atoms with van der Waals surface area (Å²) in [6, 6.07) is 4.49. The molecule has 5 heteroatoms. The number of halogens is 2. The van der Waals surface area contributed by atoms with Crippen molar-refractivity contribution in [2.24, 2.45) is 0 Å². The van der Waals surface area contributed by atoms with Crippen LogP contribution in [0, 0.1) is 0 Å². The van der Waals surface area contributed by atoms with Crippen molar-refractivity contribution < 1.29 is 0 Å². The van der Waals surface area contributed by atoms with Gasteiger partial charge in [-0.3, -0.25) is 4.90 Å². The third kappa shape index (κ3) is 4.75. The second-order valence-corrected chi connectivity index (χ2v) is 6.02. The van der Waals surface area contributed by atoms with Gasteiger partial charge in [-0.25, -0.2) is 0 Å². The van der Waals surface area contributed by atoms with Crippen LogP contribution in [0.1, 0.15) is 27.7 Å². The van der Waals surface area contributed by atoms with Gasteiger partial charge in [0.15, 0.2) is 0 Å². The number of anilines is 2. The Labute approximate surface area is 126 Å². The quantitative estimate of drug-likeness (QED) is 0.777. The zero-order valence-electron chi connectivity index (χ0n) is 12.0. The maximum atomic E-state index is 5.99. The van der Waals surface area contributed by atoms with Crippen molar-refractivity contribution in [1.29, 1.82) is 0 Å². The first-order valence-corrected chi connectivity index (χ1v) is 7.32. The summed E-state index contributed by atoms with van der Waals surface area (Å²) in [7, 11) is 0. The van der Waals surface area contributed by atoms with E-state index in [9.17, 15) is 0 Å². The second-order valence-electron chi connectivity index (χ2n) is 5.21. The number of nitrogens with one attached hydrogen (secondary N) is 1. The molecule has 0 fully saturated rings. The van der Waals surface area contributed by atoms with Gasteiger partial charge in [0.05, 0.1) is 21.4 Å². The molecular weight excluding hydrogens is 281 g/mol. The number of nitrogen functional groups attached to an aromatic ring is 1. The molecule has 0 amide bonds. The largest absolute Gasteiger partial charge is 0.397 e. The van der Waals surface area contributed by atoms with Crippen LogP contribution in [0.5, 0.6) is 0 Å². The highest BCUT2D eigenvalue weighted by Gasteiger charge is 2.12. The number of hydrogen-bond donors (Lipinski definition) is 2. The molecule has 0 atom stereocenters. The molecular formula is C14H23Cl2N3. The predicted octanol–water partition coefficient (Wildman–Crippen LogP) is 4.11. The van der Waals surface area contributed by atoms with E-state index in [4.69, 9.17) is 28.9 Å². The van der Waals surface area contributed by atoms with E-state index in [0.717, 1.165) is 18.8 Å². The van der Waals surface area contributed by atoms with Crippen molar-refractivity contribution in [2.75, 3.05) is 24.1 Å². The highest BCUT2D eigenvalue weighted by atomic mass is 35.5. The maximum absolute atomic E-state index is 5.99. The Bertz CT molecular complexity index is 411. The zero-order chi connectivity index (χ0) is 14.6. The van der Waals surface area contributed by atoms with Crippen LogP contribution in [0.25, 0.3) is 0 Å². The van der Waals surface area contributed by atoms with E-state index in [1.165, 1.54) is 0 Å². The minimum Gasteiger partial charge on any atom is -0.397 e. The van der Waals surface area contributed by atoms with Crippen molar-refractivity contribution in [3.05, 3.63) is 22.2 Å². The minimum absolute atomic E-state index is 0.482. The summed E-state index contributed by atoms with van der Waals surface area (Å²) in [5.74, 6) is 0. The van der Waals surface area contributed by atoms with Crippen LogP contribution < -0.4 is 11.1 Å². The van der Waals surface area contributed by atoms with Gasteiger partial charge >= 0.3 is 0 Å². The van der Waals surface area contributed by atoms with Crippen LogP contribution in [-0.4, -0.2) is 30.1 Å². The Kier molecular flexibility index (Phi) is 6.24. The number of hydrogen-bond acceptors (Lipinski definition) is 3. The molecule has 19 heavy (non-hydrogen) atoms. The van der Waals surface area contributed by atoms with Crippen LogP contribution in [0.15, 0.2) is 12.1 Å². The SMILES string of the molecule is CC(C)N(CCNc1cc(Cl)c(Cl)cc1N)C(C)C. The Morgan fingerprint density at radius 2 is 1.63 bits per heavy atom. The van der Waals surface area contributed by atoms with Crippen LogP contribution in [0.3, 0.4) is 0 Å². The van der Waals surface area contributed by atoms with Crippen molar-refractivity contribution in [1.82, 2.24) is 4.90 Å². The van der Waals surface area contributed by atoms with Gasteiger partial charge in [0.25, 0.3) is 0 Å². The molecule has 1 aromatic carbocycles. The third-order valence-corrected chi connectivity index (χ3v) is 3.83. The molecule has 3 nitrogen and oxygen atoms in total. The molecule has 0 aliphatic rings. The number of benzene rings is 1.